The first-order valence-electron chi connectivity index (χ1n) is 11.3. The van der Waals surface area contributed by atoms with Crippen molar-refractivity contribution in [1.29, 1.82) is 0 Å². The number of fused-ring (bicyclic) bond motifs is 1. The molecule has 0 aromatic heterocycles. The van der Waals surface area contributed by atoms with E-state index in [1.54, 1.807) is 0 Å². The summed E-state index contributed by atoms with van der Waals surface area (Å²) < 4.78 is 0. The quantitative estimate of drug-likeness (QED) is 0.589. The van der Waals surface area contributed by atoms with E-state index in [9.17, 15) is 0 Å². The molecule has 0 spiro atoms. The fourth-order valence-corrected chi connectivity index (χ4v) is 4.52. The summed E-state index contributed by atoms with van der Waals surface area (Å²) in [7, 11) is 2.21. The van der Waals surface area contributed by atoms with Crippen molar-refractivity contribution in [3.63, 3.8) is 0 Å². The van der Waals surface area contributed by atoms with Gasteiger partial charge in [0.05, 0.1) is 6.54 Å². The predicted molar refractivity (Wildman–Crippen MR) is 126 cm³/mol. The van der Waals surface area contributed by atoms with E-state index in [1.165, 1.54) is 61.0 Å². The van der Waals surface area contributed by atoms with Gasteiger partial charge >= 0.3 is 0 Å². The Morgan fingerprint density at radius 2 is 1.73 bits per heavy atom. The van der Waals surface area contributed by atoms with Crippen LogP contribution in [0.1, 0.15) is 41.5 Å². The van der Waals surface area contributed by atoms with Crippen molar-refractivity contribution in [2.75, 3.05) is 38.5 Å². The lowest BCUT2D eigenvalue weighted by atomic mass is 9.90. The minimum atomic E-state index is 0.492. The highest BCUT2D eigenvalue weighted by Crippen LogP contribution is 2.27. The number of guanidine groups is 1. The molecule has 2 aromatic carbocycles. The van der Waals surface area contributed by atoms with Gasteiger partial charge in [-0.15, -0.1) is 0 Å². The van der Waals surface area contributed by atoms with Crippen molar-refractivity contribution in [3.8, 4) is 0 Å². The molecule has 0 saturated carbocycles. The number of nitrogens with zero attached hydrogens (tertiary/aromatic N) is 3. The van der Waals surface area contributed by atoms with E-state index in [-0.39, 0.29) is 0 Å². The van der Waals surface area contributed by atoms with Gasteiger partial charge in [0.15, 0.2) is 5.96 Å². The third-order valence-electron chi connectivity index (χ3n) is 6.33. The number of aliphatic imine (C=N–C) groups is 1. The molecule has 0 unspecified atom stereocenters. The first-order valence-corrected chi connectivity index (χ1v) is 11.3. The second kappa shape index (κ2) is 10.1. The van der Waals surface area contributed by atoms with Gasteiger partial charge in [-0.1, -0.05) is 36.4 Å². The van der Waals surface area contributed by atoms with Crippen LogP contribution < -0.4 is 11.1 Å². The van der Waals surface area contributed by atoms with Crippen LogP contribution in [-0.2, 0) is 25.9 Å². The number of benzene rings is 2. The average Bonchev–Trinajstić information content (AvgIpc) is 2.97. The van der Waals surface area contributed by atoms with Crippen LogP contribution in [-0.4, -0.2) is 49.0 Å². The molecule has 0 bridgehead atoms. The summed E-state index contributed by atoms with van der Waals surface area (Å²) in [5.41, 5.74) is 12.7. The highest BCUT2D eigenvalue weighted by atomic mass is 15.2. The van der Waals surface area contributed by atoms with Gasteiger partial charge in [0.25, 0.3) is 0 Å². The maximum absolute atomic E-state index is 6.19. The van der Waals surface area contributed by atoms with E-state index in [0.717, 1.165) is 31.7 Å². The van der Waals surface area contributed by atoms with Gasteiger partial charge in [-0.2, -0.15) is 0 Å². The highest BCUT2D eigenvalue weighted by molar-refractivity contribution is 5.93. The van der Waals surface area contributed by atoms with E-state index < -0.39 is 0 Å². The molecule has 1 fully saturated rings. The fourth-order valence-electron chi connectivity index (χ4n) is 4.52. The van der Waals surface area contributed by atoms with Crippen LogP contribution in [0.2, 0.25) is 0 Å². The van der Waals surface area contributed by atoms with Crippen molar-refractivity contribution in [1.82, 2.24) is 9.80 Å². The first-order chi connectivity index (χ1) is 14.7. The summed E-state index contributed by atoms with van der Waals surface area (Å²) >= 11 is 0. The number of nitrogens with two attached hydrogens (primary N) is 1. The van der Waals surface area contributed by atoms with Gasteiger partial charge in [-0.3, -0.25) is 4.90 Å². The summed E-state index contributed by atoms with van der Waals surface area (Å²) in [4.78, 5) is 9.55. The van der Waals surface area contributed by atoms with Crippen LogP contribution in [0.5, 0.6) is 0 Å². The van der Waals surface area contributed by atoms with Crippen LogP contribution in [0.3, 0.4) is 0 Å². The molecule has 160 valence electrons. The van der Waals surface area contributed by atoms with Gasteiger partial charge in [-0.25, -0.2) is 4.99 Å². The van der Waals surface area contributed by atoms with Gasteiger partial charge in [0.2, 0.25) is 0 Å². The zero-order valence-electron chi connectivity index (χ0n) is 18.2. The number of rotatable bonds is 5. The first kappa shape index (κ1) is 20.9. The summed E-state index contributed by atoms with van der Waals surface area (Å²) in [6.45, 7) is 6.32. The molecular formula is C25H35N5. The summed E-state index contributed by atoms with van der Waals surface area (Å²) in [6, 6.07) is 15.3. The Kier molecular flexibility index (Phi) is 7.03. The van der Waals surface area contributed by atoms with Crippen molar-refractivity contribution < 1.29 is 0 Å². The lowest BCUT2D eigenvalue weighted by molar-refractivity contribution is 0.269. The van der Waals surface area contributed by atoms with Crippen LogP contribution in [0.15, 0.2) is 47.5 Å². The Morgan fingerprint density at radius 1 is 0.933 bits per heavy atom. The Hall–Kier alpha value is -2.37. The summed E-state index contributed by atoms with van der Waals surface area (Å²) in [6.07, 6.45) is 6.08. The Morgan fingerprint density at radius 3 is 2.60 bits per heavy atom. The van der Waals surface area contributed by atoms with E-state index >= 15 is 0 Å². The number of aryl methyl sites for hydroxylation is 1. The Balaban J connectivity index is 1.32. The Labute approximate surface area is 181 Å². The Bertz CT molecular complexity index is 858. The molecule has 0 amide bonds. The van der Waals surface area contributed by atoms with E-state index in [1.807, 2.05) is 0 Å². The number of hydrogen-bond donors (Lipinski definition) is 2. The monoisotopic (exact) mass is 405 g/mol. The average molecular weight is 406 g/mol. The van der Waals surface area contributed by atoms with E-state index in [4.69, 9.17) is 5.73 Å². The number of anilines is 1. The second-order valence-electron chi connectivity index (χ2n) is 8.73. The molecule has 1 aliphatic heterocycles. The van der Waals surface area contributed by atoms with Crippen molar-refractivity contribution in [2.45, 2.75) is 45.2 Å². The lowest BCUT2D eigenvalue weighted by Crippen LogP contribution is -2.28. The zero-order valence-corrected chi connectivity index (χ0v) is 18.2. The summed E-state index contributed by atoms with van der Waals surface area (Å²) in [5.74, 6) is 0.492. The number of nitrogens with one attached hydrogen (secondary N) is 1. The second-order valence-corrected chi connectivity index (χ2v) is 8.73. The number of hydrogen-bond acceptors (Lipinski definition) is 3. The van der Waals surface area contributed by atoms with E-state index in [0.29, 0.717) is 12.5 Å². The third kappa shape index (κ3) is 5.61. The van der Waals surface area contributed by atoms with Crippen molar-refractivity contribution >= 4 is 11.6 Å². The van der Waals surface area contributed by atoms with Crippen LogP contribution in [0, 0.1) is 0 Å². The lowest BCUT2D eigenvalue weighted by Gasteiger charge is -2.20. The molecule has 30 heavy (non-hydrogen) atoms. The van der Waals surface area contributed by atoms with Crippen LogP contribution in [0.4, 0.5) is 5.69 Å². The molecule has 5 nitrogen and oxygen atoms in total. The standard InChI is InChI=1S/C25H35N5/c1-29-14-5-15-30(17-16-29)19-21-12-10-20(11-13-21)18-27-25(26)28-24-9-4-7-22-6-2-3-8-23(22)24/h4,7,9-13H,2-3,5-6,8,14-19H2,1H3,(H3,26,27,28). The zero-order chi connectivity index (χ0) is 20.8. The number of likely N-dealkylation sites (N-methyl/N-ethyl adjacent to an activating group) is 1. The molecule has 1 aliphatic carbocycles. The molecule has 0 atom stereocenters. The molecule has 5 heteroatoms. The summed E-state index contributed by atoms with van der Waals surface area (Å²) in [5, 5.41) is 3.33. The maximum Gasteiger partial charge on any atom is 0.193 e. The fraction of sp³-hybridized carbons (Fsp3) is 0.480. The molecule has 3 N–H and O–H groups in total. The van der Waals surface area contributed by atoms with Crippen molar-refractivity contribution in [2.24, 2.45) is 10.7 Å². The highest BCUT2D eigenvalue weighted by Gasteiger charge is 2.14. The molecule has 1 heterocycles. The molecular weight excluding hydrogens is 370 g/mol. The van der Waals surface area contributed by atoms with Gasteiger partial charge in [0, 0.05) is 25.3 Å². The van der Waals surface area contributed by atoms with Gasteiger partial charge < -0.3 is 16.0 Å². The van der Waals surface area contributed by atoms with Gasteiger partial charge in [0.1, 0.15) is 0 Å². The van der Waals surface area contributed by atoms with Crippen molar-refractivity contribution in [3.05, 3.63) is 64.7 Å². The third-order valence-corrected chi connectivity index (χ3v) is 6.33. The molecule has 4 rings (SSSR count). The molecule has 0 radical (unpaired) electrons. The molecule has 2 aromatic rings. The molecule has 1 saturated heterocycles. The van der Waals surface area contributed by atoms with Crippen LogP contribution in [0.25, 0.3) is 0 Å². The largest absolute Gasteiger partial charge is 0.370 e. The smallest absolute Gasteiger partial charge is 0.193 e. The SMILES string of the molecule is CN1CCCN(Cc2ccc(CN=C(N)Nc3cccc4c3CCCC4)cc2)CC1. The van der Waals surface area contributed by atoms with E-state index in [2.05, 4.69) is 69.6 Å². The minimum absolute atomic E-state index is 0.492. The maximum atomic E-state index is 6.19. The molecule has 2 aliphatic rings. The minimum Gasteiger partial charge on any atom is -0.370 e. The van der Waals surface area contributed by atoms with Crippen LogP contribution >= 0.6 is 0 Å². The predicted octanol–water partition coefficient (Wildman–Crippen LogP) is 3.63. The van der Waals surface area contributed by atoms with Gasteiger partial charge in [-0.05, 0) is 80.6 Å². The topological polar surface area (TPSA) is 56.9 Å². The normalized spacial score (nSPS) is 18.6.